The Morgan fingerprint density at radius 2 is 1.76 bits per heavy atom. The van der Waals surface area contributed by atoms with E-state index in [9.17, 15) is 9.59 Å². The smallest absolute Gasteiger partial charge is 0.243 e. The molecular formula is C23H29N3O3. The standard InChI is InChI=1S/C23H29N3O3/c1-18(27)26(16-13-19-7-3-4-8-22(19)29-2)17-23(28)24-20-9-11-21(12-10-20)25-14-5-6-15-25/h3-4,7-12H,5-6,13-17H2,1-2H3,(H,24,28). The number of rotatable bonds is 8. The number of anilines is 2. The lowest BCUT2D eigenvalue weighted by molar-refractivity contribution is -0.132. The van der Waals surface area contributed by atoms with Crippen LogP contribution in [0.5, 0.6) is 5.75 Å². The van der Waals surface area contributed by atoms with Crippen LogP contribution < -0.4 is 15.0 Å². The van der Waals surface area contributed by atoms with Crippen molar-refractivity contribution in [2.45, 2.75) is 26.2 Å². The second-order valence-corrected chi connectivity index (χ2v) is 7.29. The summed E-state index contributed by atoms with van der Waals surface area (Å²) >= 11 is 0. The van der Waals surface area contributed by atoms with E-state index in [1.807, 2.05) is 48.5 Å². The molecule has 2 aromatic carbocycles. The first-order chi connectivity index (χ1) is 14.1. The van der Waals surface area contributed by atoms with Gasteiger partial charge in [-0.2, -0.15) is 0 Å². The van der Waals surface area contributed by atoms with Gasteiger partial charge in [0, 0.05) is 37.9 Å². The Kier molecular flexibility index (Phi) is 7.11. The van der Waals surface area contributed by atoms with Crippen molar-refractivity contribution >= 4 is 23.2 Å². The van der Waals surface area contributed by atoms with Crippen LogP contribution in [0.1, 0.15) is 25.3 Å². The molecule has 0 radical (unpaired) electrons. The zero-order valence-corrected chi connectivity index (χ0v) is 17.2. The maximum absolute atomic E-state index is 12.5. The summed E-state index contributed by atoms with van der Waals surface area (Å²) in [7, 11) is 1.63. The quantitative estimate of drug-likeness (QED) is 0.745. The minimum absolute atomic E-state index is 0.0261. The molecule has 29 heavy (non-hydrogen) atoms. The lowest BCUT2D eigenvalue weighted by Crippen LogP contribution is -2.38. The molecule has 6 heteroatoms. The Balaban J connectivity index is 1.54. The van der Waals surface area contributed by atoms with Gasteiger partial charge in [0.1, 0.15) is 5.75 Å². The summed E-state index contributed by atoms with van der Waals surface area (Å²) in [5.74, 6) is 0.465. The van der Waals surface area contributed by atoms with Gasteiger partial charge in [-0.25, -0.2) is 0 Å². The number of nitrogens with one attached hydrogen (secondary N) is 1. The highest BCUT2D eigenvalue weighted by molar-refractivity contribution is 5.94. The molecule has 1 heterocycles. The first-order valence-electron chi connectivity index (χ1n) is 10.1. The maximum Gasteiger partial charge on any atom is 0.243 e. The molecule has 0 saturated carbocycles. The van der Waals surface area contributed by atoms with Crippen LogP contribution in [0.4, 0.5) is 11.4 Å². The number of nitrogens with zero attached hydrogens (tertiary/aromatic N) is 2. The molecule has 6 nitrogen and oxygen atoms in total. The average molecular weight is 396 g/mol. The van der Waals surface area contributed by atoms with E-state index in [0.29, 0.717) is 13.0 Å². The minimum Gasteiger partial charge on any atom is -0.496 e. The Labute approximate surface area is 172 Å². The fraction of sp³-hybridized carbons (Fsp3) is 0.391. The Bertz CT molecular complexity index is 830. The number of para-hydroxylation sites is 1. The van der Waals surface area contributed by atoms with Crippen molar-refractivity contribution in [3.63, 3.8) is 0 Å². The van der Waals surface area contributed by atoms with E-state index in [4.69, 9.17) is 4.74 Å². The zero-order chi connectivity index (χ0) is 20.6. The number of amides is 2. The first-order valence-corrected chi connectivity index (χ1v) is 10.1. The van der Waals surface area contributed by atoms with Crippen LogP contribution in [0.2, 0.25) is 0 Å². The number of methoxy groups -OCH3 is 1. The number of hydrogen-bond donors (Lipinski definition) is 1. The van der Waals surface area contributed by atoms with Gasteiger partial charge in [0.05, 0.1) is 13.7 Å². The molecule has 0 bridgehead atoms. The highest BCUT2D eigenvalue weighted by Crippen LogP contribution is 2.22. The van der Waals surface area contributed by atoms with Gasteiger partial charge in [0.2, 0.25) is 11.8 Å². The van der Waals surface area contributed by atoms with Crippen LogP contribution in [-0.4, -0.2) is 50.0 Å². The van der Waals surface area contributed by atoms with Crippen molar-refractivity contribution < 1.29 is 14.3 Å². The van der Waals surface area contributed by atoms with Crippen LogP contribution >= 0.6 is 0 Å². The van der Waals surface area contributed by atoms with Crippen LogP contribution in [0.3, 0.4) is 0 Å². The summed E-state index contributed by atoms with van der Waals surface area (Å²) in [5.41, 5.74) is 2.94. The van der Waals surface area contributed by atoms with Crippen molar-refractivity contribution in [1.29, 1.82) is 0 Å². The molecule has 0 spiro atoms. The van der Waals surface area contributed by atoms with E-state index in [1.54, 1.807) is 12.0 Å². The molecule has 2 amide bonds. The summed E-state index contributed by atoms with van der Waals surface area (Å²) in [5, 5.41) is 2.89. The van der Waals surface area contributed by atoms with Crippen LogP contribution in [0, 0.1) is 0 Å². The summed E-state index contributed by atoms with van der Waals surface area (Å²) in [6, 6.07) is 15.6. The van der Waals surface area contributed by atoms with Crippen LogP contribution in [-0.2, 0) is 16.0 Å². The summed E-state index contributed by atoms with van der Waals surface area (Å²) in [6.45, 7) is 4.15. The topological polar surface area (TPSA) is 61.9 Å². The lowest BCUT2D eigenvalue weighted by Gasteiger charge is -2.21. The molecule has 1 N–H and O–H groups in total. The molecule has 1 saturated heterocycles. The Morgan fingerprint density at radius 3 is 2.41 bits per heavy atom. The summed E-state index contributed by atoms with van der Waals surface area (Å²) in [4.78, 5) is 28.4. The number of ether oxygens (including phenoxy) is 1. The predicted octanol–water partition coefficient (Wildman–Crippen LogP) is 3.33. The molecule has 1 fully saturated rings. The van der Waals surface area contributed by atoms with Gasteiger partial charge < -0.3 is 19.9 Å². The highest BCUT2D eigenvalue weighted by atomic mass is 16.5. The van der Waals surface area contributed by atoms with Gasteiger partial charge in [-0.3, -0.25) is 9.59 Å². The number of carbonyl (C=O) groups is 2. The molecule has 1 aliphatic rings. The highest BCUT2D eigenvalue weighted by Gasteiger charge is 2.16. The average Bonchev–Trinajstić information content (AvgIpc) is 3.26. The van der Waals surface area contributed by atoms with Gasteiger partial charge in [-0.05, 0) is 55.2 Å². The van der Waals surface area contributed by atoms with E-state index in [-0.39, 0.29) is 18.4 Å². The van der Waals surface area contributed by atoms with E-state index in [0.717, 1.165) is 30.1 Å². The van der Waals surface area contributed by atoms with Crippen LogP contribution in [0.25, 0.3) is 0 Å². The van der Waals surface area contributed by atoms with Gasteiger partial charge in [-0.15, -0.1) is 0 Å². The SMILES string of the molecule is COc1ccccc1CCN(CC(=O)Nc1ccc(N2CCCC2)cc1)C(C)=O. The normalized spacial score (nSPS) is 13.2. The lowest BCUT2D eigenvalue weighted by atomic mass is 10.1. The third kappa shape index (κ3) is 5.73. The van der Waals surface area contributed by atoms with Crippen molar-refractivity contribution in [1.82, 2.24) is 4.90 Å². The van der Waals surface area contributed by atoms with Crippen molar-refractivity contribution in [2.75, 3.05) is 43.5 Å². The molecule has 0 unspecified atom stereocenters. The molecule has 1 aliphatic heterocycles. The fourth-order valence-corrected chi connectivity index (χ4v) is 3.62. The molecule has 0 aromatic heterocycles. The van der Waals surface area contributed by atoms with Crippen molar-refractivity contribution in [3.8, 4) is 5.75 Å². The van der Waals surface area contributed by atoms with Crippen molar-refractivity contribution in [3.05, 3.63) is 54.1 Å². The van der Waals surface area contributed by atoms with Gasteiger partial charge in [0.15, 0.2) is 0 Å². The Hall–Kier alpha value is -3.02. The van der Waals surface area contributed by atoms with E-state index in [2.05, 4.69) is 10.2 Å². The monoisotopic (exact) mass is 395 g/mol. The van der Waals surface area contributed by atoms with E-state index in [1.165, 1.54) is 25.5 Å². The second-order valence-electron chi connectivity index (χ2n) is 7.29. The Morgan fingerprint density at radius 1 is 1.07 bits per heavy atom. The zero-order valence-electron chi connectivity index (χ0n) is 17.2. The van der Waals surface area contributed by atoms with E-state index < -0.39 is 0 Å². The minimum atomic E-state index is -0.200. The van der Waals surface area contributed by atoms with Gasteiger partial charge in [0.25, 0.3) is 0 Å². The fourth-order valence-electron chi connectivity index (χ4n) is 3.62. The number of benzene rings is 2. The molecule has 3 rings (SSSR count). The van der Waals surface area contributed by atoms with Crippen molar-refractivity contribution in [2.24, 2.45) is 0 Å². The first kappa shape index (κ1) is 20.7. The van der Waals surface area contributed by atoms with Crippen LogP contribution in [0.15, 0.2) is 48.5 Å². The number of carbonyl (C=O) groups excluding carboxylic acids is 2. The molecule has 2 aromatic rings. The van der Waals surface area contributed by atoms with E-state index >= 15 is 0 Å². The molecule has 0 aliphatic carbocycles. The molecule has 154 valence electrons. The van der Waals surface area contributed by atoms with Gasteiger partial charge in [-0.1, -0.05) is 18.2 Å². The molecule has 0 atom stereocenters. The third-order valence-electron chi connectivity index (χ3n) is 5.25. The maximum atomic E-state index is 12.5. The second kappa shape index (κ2) is 9.96. The molecular weight excluding hydrogens is 366 g/mol. The summed E-state index contributed by atoms with van der Waals surface area (Å²) in [6.07, 6.45) is 3.09. The largest absolute Gasteiger partial charge is 0.496 e. The summed E-state index contributed by atoms with van der Waals surface area (Å²) < 4.78 is 5.36. The number of hydrogen-bond acceptors (Lipinski definition) is 4. The third-order valence-corrected chi connectivity index (χ3v) is 5.25. The predicted molar refractivity (Wildman–Crippen MR) is 115 cm³/mol. The van der Waals surface area contributed by atoms with Gasteiger partial charge >= 0.3 is 0 Å².